The van der Waals surface area contributed by atoms with Gasteiger partial charge >= 0.3 is 5.97 Å². The summed E-state index contributed by atoms with van der Waals surface area (Å²) in [6.07, 6.45) is 1.14. The Kier molecular flexibility index (Phi) is 5.62. The Morgan fingerprint density at radius 3 is 1.94 bits per heavy atom. The van der Waals surface area contributed by atoms with Gasteiger partial charge in [-0.3, -0.25) is 29.8 Å². The van der Waals surface area contributed by atoms with Gasteiger partial charge in [-0.15, -0.1) is 0 Å². The number of non-ortho nitro benzene ring substituents is 2. The molecule has 0 saturated carbocycles. The van der Waals surface area contributed by atoms with Crippen molar-refractivity contribution in [1.82, 2.24) is 5.01 Å². The van der Waals surface area contributed by atoms with Crippen molar-refractivity contribution in [2.45, 2.75) is 0 Å². The van der Waals surface area contributed by atoms with Gasteiger partial charge < -0.3 is 4.74 Å². The van der Waals surface area contributed by atoms with Gasteiger partial charge in [-0.05, 0) is 24.3 Å². The molecule has 0 aromatic heterocycles. The maximum Gasteiger partial charge on any atom is 0.344 e. The maximum atomic E-state index is 12.6. The molecule has 34 heavy (non-hydrogen) atoms. The molecule has 12 nitrogen and oxygen atoms in total. The summed E-state index contributed by atoms with van der Waals surface area (Å²) in [6.45, 7) is 0. The summed E-state index contributed by atoms with van der Waals surface area (Å²) >= 11 is 0. The second kappa shape index (κ2) is 8.70. The first-order valence-electron chi connectivity index (χ1n) is 9.53. The SMILES string of the molecule is O=C(Oc1ccccc1/C=N/N1C(=O)c2ccccc2C1=O)c1cc([N+](=O)[O-])cc([N+](=O)[O-])c1. The number of benzene rings is 3. The highest BCUT2D eigenvalue weighted by atomic mass is 16.6. The topological polar surface area (TPSA) is 162 Å². The van der Waals surface area contributed by atoms with Crippen LogP contribution in [0, 0.1) is 20.2 Å². The average molecular weight is 460 g/mol. The molecule has 0 unspecified atom stereocenters. The normalized spacial score (nSPS) is 12.6. The second-order valence-corrected chi connectivity index (χ2v) is 6.89. The van der Waals surface area contributed by atoms with E-state index in [2.05, 4.69) is 5.10 Å². The first kappa shape index (κ1) is 22.0. The number of para-hydroxylation sites is 1. The smallest absolute Gasteiger partial charge is 0.344 e. The minimum Gasteiger partial charge on any atom is -0.422 e. The standard InChI is InChI=1S/C22H12N4O8/c27-20-17-6-2-3-7-18(17)21(28)24(20)23-12-13-5-1-4-8-19(13)34-22(29)14-9-15(25(30)31)11-16(10-14)26(32)33/h1-12H/b23-12+. The molecular weight excluding hydrogens is 448 g/mol. The Hall–Kier alpha value is -5.26. The van der Waals surface area contributed by atoms with E-state index in [0.29, 0.717) is 5.01 Å². The molecule has 0 atom stereocenters. The summed E-state index contributed by atoms with van der Waals surface area (Å²) in [5, 5.41) is 26.7. The van der Waals surface area contributed by atoms with Gasteiger partial charge in [0.2, 0.25) is 0 Å². The van der Waals surface area contributed by atoms with Crippen LogP contribution in [-0.4, -0.2) is 38.9 Å². The van der Waals surface area contributed by atoms with E-state index in [-0.39, 0.29) is 22.4 Å². The molecule has 1 aliphatic heterocycles. The van der Waals surface area contributed by atoms with Crippen molar-refractivity contribution in [3.63, 3.8) is 0 Å². The fraction of sp³-hybridized carbons (Fsp3) is 0. The first-order valence-corrected chi connectivity index (χ1v) is 9.53. The van der Waals surface area contributed by atoms with Crippen LogP contribution in [0.3, 0.4) is 0 Å². The number of imide groups is 1. The van der Waals surface area contributed by atoms with Crippen molar-refractivity contribution in [2.24, 2.45) is 5.10 Å². The largest absolute Gasteiger partial charge is 0.422 e. The molecule has 1 heterocycles. The van der Waals surface area contributed by atoms with Gasteiger partial charge in [0.05, 0.1) is 38.8 Å². The second-order valence-electron chi connectivity index (χ2n) is 6.89. The number of hydrogen-bond acceptors (Lipinski definition) is 9. The number of amides is 2. The summed E-state index contributed by atoms with van der Waals surface area (Å²) < 4.78 is 5.27. The molecule has 3 aromatic carbocycles. The number of hydrazone groups is 1. The quantitative estimate of drug-likeness (QED) is 0.135. The lowest BCUT2D eigenvalue weighted by Crippen LogP contribution is -2.24. The van der Waals surface area contributed by atoms with Crippen molar-refractivity contribution in [2.75, 3.05) is 0 Å². The number of fused-ring (bicyclic) bond motifs is 1. The fourth-order valence-corrected chi connectivity index (χ4v) is 3.16. The van der Waals surface area contributed by atoms with Crippen LogP contribution in [0.1, 0.15) is 36.6 Å². The van der Waals surface area contributed by atoms with Crippen LogP contribution in [0.5, 0.6) is 5.75 Å². The zero-order valence-electron chi connectivity index (χ0n) is 17.0. The molecule has 0 saturated heterocycles. The Labute approximate surface area is 190 Å². The Bertz CT molecular complexity index is 1350. The molecule has 0 fully saturated rings. The molecule has 0 aliphatic carbocycles. The Morgan fingerprint density at radius 1 is 0.853 bits per heavy atom. The molecular formula is C22H12N4O8. The molecule has 0 radical (unpaired) electrons. The van der Waals surface area contributed by atoms with Crippen LogP contribution < -0.4 is 4.74 Å². The maximum absolute atomic E-state index is 12.6. The lowest BCUT2D eigenvalue weighted by atomic mass is 10.1. The van der Waals surface area contributed by atoms with Gasteiger partial charge in [0.1, 0.15) is 5.75 Å². The molecule has 2 amide bonds. The molecule has 0 N–H and O–H groups in total. The van der Waals surface area contributed by atoms with E-state index in [1.54, 1.807) is 18.2 Å². The highest BCUT2D eigenvalue weighted by Crippen LogP contribution is 2.26. The summed E-state index contributed by atoms with van der Waals surface area (Å²) in [6, 6.07) is 14.6. The summed E-state index contributed by atoms with van der Waals surface area (Å²) in [5.74, 6) is -2.37. The van der Waals surface area contributed by atoms with E-state index in [1.165, 1.54) is 30.3 Å². The van der Waals surface area contributed by atoms with E-state index in [4.69, 9.17) is 4.74 Å². The molecule has 168 valence electrons. The van der Waals surface area contributed by atoms with E-state index < -0.39 is 44.6 Å². The minimum absolute atomic E-state index is 0.0537. The average Bonchev–Trinajstić information content (AvgIpc) is 3.07. The van der Waals surface area contributed by atoms with Crippen molar-refractivity contribution >= 4 is 35.4 Å². The number of hydrogen-bond donors (Lipinski definition) is 0. The molecule has 0 bridgehead atoms. The predicted molar refractivity (Wildman–Crippen MR) is 116 cm³/mol. The summed E-state index contributed by atoms with van der Waals surface area (Å²) in [5.41, 5.74) is -1.10. The zero-order valence-corrected chi connectivity index (χ0v) is 17.0. The summed E-state index contributed by atoms with van der Waals surface area (Å²) in [4.78, 5) is 57.9. The Balaban J connectivity index is 1.60. The van der Waals surface area contributed by atoms with Gasteiger partial charge in [-0.2, -0.15) is 10.1 Å². The zero-order chi connectivity index (χ0) is 24.4. The van der Waals surface area contributed by atoms with E-state index >= 15 is 0 Å². The number of esters is 1. The minimum atomic E-state index is -1.09. The number of nitro benzene ring substituents is 2. The third-order valence-electron chi connectivity index (χ3n) is 4.77. The van der Waals surface area contributed by atoms with Gasteiger partial charge in [-0.25, -0.2) is 4.79 Å². The highest BCUT2D eigenvalue weighted by molar-refractivity contribution is 6.21. The van der Waals surface area contributed by atoms with Crippen LogP contribution in [0.15, 0.2) is 71.8 Å². The number of nitrogens with zero attached hydrogens (tertiary/aromatic N) is 4. The third kappa shape index (κ3) is 4.10. The van der Waals surface area contributed by atoms with E-state index in [0.717, 1.165) is 24.4 Å². The number of nitro groups is 2. The number of rotatable bonds is 6. The van der Waals surface area contributed by atoms with Gasteiger partial charge in [0.15, 0.2) is 0 Å². The number of ether oxygens (including phenoxy) is 1. The van der Waals surface area contributed by atoms with Crippen LogP contribution in [-0.2, 0) is 0 Å². The third-order valence-corrected chi connectivity index (χ3v) is 4.77. The molecule has 1 aliphatic rings. The molecule has 4 rings (SSSR count). The molecule has 0 spiro atoms. The van der Waals surface area contributed by atoms with Crippen LogP contribution in [0.4, 0.5) is 11.4 Å². The van der Waals surface area contributed by atoms with Crippen molar-refractivity contribution in [3.8, 4) is 5.75 Å². The van der Waals surface area contributed by atoms with Crippen LogP contribution in [0.2, 0.25) is 0 Å². The van der Waals surface area contributed by atoms with Crippen molar-refractivity contribution in [1.29, 1.82) is 0 Å². The Morgan fingerprint density at radius 2 is 1.38 bits per heavy atom. The lowest BCUT2D eigenvalue weighted by molar-refractivity contribution is -0.394. The lowest BCUT2D eigenvalue weighted by Gasteiger charge is -2.09. The summed E-state index contributed by atoms with van der Waals surface area (Å²) in [7, 11) is 0. The fourth-order valence-electron chi connectivity index (χ4n) is 3.16. The number of carbonyl (C=O) groups is 3. The highest BCUT2D eigenvalue weighted by Gasteiger charge is 2.35. The van der Waals surface area contributed by atoms with Gasteiger partial charge in [-0.1, -0.05) is 24.3 Å². The molecule has 12 heteroatoms. The van der Waals surface area contributed by atoms with E-state index in [9.17, 15) is 34.6 Å². The van der Waals surface area contributed by atoms with Crippen LogP contribution in [0.25, 0.3) is 0 Å². The predicted octanol–water partition coefficient (Wildman–Crippen LogP) is 3.35. The van der Waals surface area contributed by atoms with E-state index in [1.807, 2.05) is 0 Å². The monoisotopic (exact) mass is 460 g/mol. The van der Waals surface area contributed by atoms with Gasteiger partial charge in [0.25, 0.3) is 23.2 Å². The van der Waals surface area contributed by atoms with Crippen molar-refractivity contribution in [3.05, 3.63) is 109 Å². The van der Waals surface area contributed by atoms with Crippen molar-refractivity contribution < 1.29 is 29.0 Å². The van der Waals surface area contributed by atoms with Crippen LogP contribution >= 0.6 is 0 Å². The molecule has 3 aromatic rings. The number of carbonyl (C=O) groups excluding carboxylic acids is 3. The van der Waals surface area contributed by atoms with Gasteiger partial charge in [0, 0.05) is 17.7 Å². The first-order chi connectivity index (χ1) is 16.3.